The van der Waals surface area contributed by atoms with Gasteiger partial charge in [0.2, 0.25) is 5.91 Å². The molecule has 6 heteroatoms. The molecule has 1 aromatic heterocycles. The van der Waals surface area contributed by atoms with E-state index in [9.17, 15) is 4.79 Å². The Kier molecular flexibility index (Phi) is 5.88. The lowest BCUT2D eigenvalue weighted by Crippen LogP contribution is -2.15. The molecule has 0 aromatic carbocycles. The minimum absolute atomic E-state index is 0.0665. The molecule has 1 heterocycles. The van der Waals surface area contributed by atoms with Gasteiger partial charge < -0.3 is 10.1 Å². The molecule has 0 aliphatic carbocycles. The molecular weight excluding hydrogens is 307 g/mol. The number of carbonyl (C=O) groups excluding carboxylic acids is 1. The summed E-state index contributed by atoms with van der Waals surface area (Å²) in [7, 11) is 1.62. The summed E-state index contributed by atoms with van der Waals surface area (Å²) in [5.74, 6) is -0.101. The maximum Gasteiger partial charge on any atom is 0.224 e. The third-order valence-corrected chi connectivity index (χ3v) is 2.99. The van der Waals surface area contributed by atoms with Crippen LogP contribution in [0, 0.1) is 0 Å². The van der Waals surface area contributed by atoms with Gasteiger partial charge in [0.05, 0.1) is 11.8 Å². The molecule has 0 fully saturated rings. The Morgan fingerprint density at radius 1 is 1.71 bits per heavy atom. The average molecular weight is 322 g/mol. The Morgan fingerprint density at radius 3 is 3.06 bits per heavy atom. The summed E-state index contributed by atoms with van der Waals surface area (Å²) in [6.45, 7) is 1.92. The Labute approximate surface area is 114 Å². The molecule has 1 aromatic rings. The summed E-state index contributed by atoms with van der Waals surface area (Å²) in [5.41, 5.74) is 0.510. The van der Waals surface area contributed by atoms with E-state index in [1.54, 1.807) is 19.4 Å². The van der Waals surface area contributed by atoms with E-state index in [2.05, 4.69) is 26.2 Å². The Morgan fingerprint density at radius 2 is 2.41 bits per heavy atom. The molecular formula is C11H14BrClN2O2. The summed E-state index contributed by atoms with van der Waals surface area (Å²) in [6, 6.07) is 1.72. The molecule has 1 unspecified atom stereocenters. The van der Waals surface area contributed by atoms with Crippen LogP contribution >= 0.6 is 27.5 Å². The largest absolute Gasteiger partial charge is 0.382 e. The molecule has 0 aliphatic heterocycles. The molecule has 1 rings (SSSR count). The van der Waals surface area contributed by atoms with Crippen molar-refractivity contribution in [3.05, 3.63) is 21.9 Å². The summed E-state index contributed by atoms with van der Waals surface area (Å²) < 4.78 is 5.83. The highest BCUT2D eigenvalue weighted by Gasteiger charge is 2.09. The van der Waals surface area contributed by atoms with E-state index in [1.807, 2.05) is 6.92 Å². The van der Waals surface area contributed by atoms with Crippen molar-refractivity contribution in [2.24, 2.45) is 0 Å². The number of nitrogens with one attached hydrogen (secondary N) is 1. The summed E-state index contributed by atoms with van der Waals surface area (Å²) >= 11 is 9.13. The van der Waals surface area contributed by atoms with Crippen LogP contribution in [0.4, 0.5) is 5.69 Å². The molecule has 0 saturated carbocycles. The normalized spacial score (nSPS) is 12.2. The summed E-state index contributed by atoms with van der Waals surface area (Å²) in [6.07, 6.45) is 2.70. The Hall–Kier alpha value is -0.650. The van der Waals surface area contributed by atoms with Crippen molar-refractivity contribution in [3.8, 4) is 0 Å². The monoisotopic (exact) mass is 320 g/mol. The zero-order valence-electron chi connectivity index (χ0n) is 9.67. The molecule has 0 aliphatic rings. The fourth-order valence-corrected chi connectivity index (χ4v) is 1.66. The summed E-state index contributed by atoms with van der Waals surface area (Å²) in [5, 5.41) is 2.99. The second kappa shape index (κ2) is 6.93. The van der Waals surface area contributed by atoms with Gasteiger partial charge >= 0.3 is 0 Å². The van der Waals surface area contributed by atoms with E-state index < -0.39 is 0 Å². The van der Waals surface area contributed by atoms with Crippen molar-refractivity contribution < 1.29 is 9.53 Å². The van der Waals surface area contributed by atoms with Crippen molar-refractivity contribution in [1.29, 1.82) is 0 Å². The number of nitrogens with zero attached hydrogens (tertiary/aromatic N) is 1. The number of rotatable bonds is 5. The van der Waals surface area contributed by atoms with Crippen molar-refractivity contribution in [2.75, 3.05) is 12.4 Å². The first-order valence-corrected chi connectivity index (χ1v) is 6.33. The number of aromatic nitrogens is 1. The van der Waals surface area contributed by atoms with Gasteiger partial charge in [0.15, 0.2) is 5.15 Å². The van der Waals surface area contributed by atoms with Crippen molar-refractivity contribution in [1.82, 2.24) is 4.98 Å². The van der Waals surface area contributed by atoms with E-state index >= 15 is 0 Å². The van der Waals surface area contributed by atoms with Crippen LogP contribution in [0.1, 0.15) is 19.8 Å². The van der Waals surface area contributed by atoms with Gasteiger partial charge in [-0.2, -0.15) is 0 Å². The van der Waals surface area contributed by atoms with E-state index in [1.165, 1.54) is 0 Å². The van der Waals surface area contributed by atoms with Gasteiger partial charge in [-0.15, -0.1) is 0 Å². The molecule has 0 spiro atoms. The van der Waals surface area contributed by atoms with Gasteiger partial charge in [-0.3, -0.25) is 4.79 Å². The fraction of sp³-hybridized carbons (Fsp3) is 0.455. The van der Waals surface area contributed by atoms with Crippen LogP contribution < -0.4 is 5.32 Å². The molecule has 0 saturated heterocycles. The molecule has 17 heavy (non-hydrogen) atoms. The van der Waals surface area contributed by atoms with Crippen LogP contribution in [0.3, 0.4) is 0 Å². The van der Waals surface area contributed by atoms with Gasteiger partial charge in [0.25, 0.3) is 0 Å². The maximum atomic E-state index is 11.6. The average Bonchev–Trinajstić information content (AvgIpc) is 2.30. The first-order chi connectivity index (χ1) is 8.02. The first-order valence-electron chi connectivity index (χ1n) is 5.16. The second-order valence-electron chi connectivity index (χ2n) is 3.63. The SMILES string of the molecule is COC(C)CCC(=O)Nc1cc(Br)cnc1Cl. The third-order valence-electron chi connectivity index (χ3n) is 2.26. The number of methoxy groups -OCH3 is 1. The smallest absolute Gasteiger partial charge is 0.224 e. The predicted molar refractivity (Wildman–Crippen MR) is 71.3 cm³/mol. The number of hydrogen-bond donors (Lipinski definition) is 1. The highest BCUT2D eigenvalue weighted by Crippen LogP contribution is 2.23. The number of carbonyl (C=O) groups is 1. The first kappa shape index (κ1) is 14.4. The number of amides is 1. The van der Waals surface area contributed by atoms with Crippen LogP contribution in [0.2, 0.25) is 5.15 Å². The number of pyridine rings is 1. The molecule has 1 N–H and O–H groups in total. The lowest BCUT2D eigenvalue weighted by Gasteiger charge is -2.10. The molecule has 0 bridgehead atoms. The number of ether oxygens (including phenoxy) is 1. The van der Waals surface area contributed by atoms with Gasteiger partial charge in [-0.1, -0.05) is 11.6 Å². The van der Waals surface area contributed by atoms with E-state index in [-0.39, 0.29) is 17.2 Å². The van der Waals surface area contributed by atoms with Gasteiger partial charge in [-0.05, 0) is 35.3 Å². The minimum atomic E-state index is -0.101. The quantitative estimate of drug-likeness (QED) is 0.847. The fourth-order valence-electron chi connectivity index (χ4n) is 1.18. The highest BCUT2D eigenvalue weighted by molar-refractivity contribution is 9.10. The molecule has 94 valence electrons. The van der Waals surface area contributed by atoms with Crippen LogP contribution in [0.15, 0.2) is 16.7 Å². The van der Waals surface area contributed by atoms with Crippen LogP contribution in [0.5, 0.6) is 0 Å². The van der Waals surface area contributed by atoms with Crippen molar-refractivity contribution in [3.63, 3.8) is 0 Å². The Bertz CT molecular complexity index is 401. The van der Waals surface area contributed by atoms with Gasteiger partial charge in [0, 0.05) is 24.2 Å². The van der Waals surface area contributed by atoms with E-state index in [4.69, 9.17) is 16.3 Å². The van der Waals surface area contributed by atoms with E-state index in [0.717, 1.165) is 4.47 Å². The zero-order valence-corrected chi connectivity index (χ0v) is 12.0. The maximum absolute atomic E-state index is 11.6. The minimum Gasteiger partial charge on any atom is -0.382 e. The lowest BCUT2D eigenvalue weighted by atomic mass is 10.2. The van der Waals surface area contributed by atoms with Crippen molar-refractivity contribution >= 4 is 39.1 Å². The number of hydrogen-bond acceptors (Lipinski definition) is 3. The zero-order chi connectivity index (χ0) is 12.8. The molecule has 1 atom stereocenters. The van der Waals surface area contributed by atoms with Gasteiger partial charge in [0.1, 0.15) is 0 Å². The number of halogens is 2. The van der Waals surface area contributed by atoms with Crippen LogP contribution in [-0.2, 0) is 9.53 Å². The van der Waals surface area contributed by atoms with Crippen molar-refractivity contribution in [2.45, 2.75) is 25.9 Å². The molecule has 4 nitrogen and oxygen atoms in total. The number of anilines is 1. The third kappa shape index (κ3) is 5.02. The predicted octanol–water partition coefficient (Wildman–Crippen LogP) is 3.25. The van der Waals surface area contributed by atoms with Gasteiger partial charge in [-0.25, -0.2) is 4.98 Å². The van der Waals surface area contributed by atoms with Crippen LogP contribution in [0.25, 0.3) is 0 Å². The standard InChI is InChI=1S/C11H14BrClN2O2/c1-7(17-2)3-4-10(16)15-9-5-8(12)6-14-11(9)13/h5-7H,3-4H2,1-2H3,(H,15,16). The molecule has 0 radical (unpaired) electrons. The summed E-state index contributed by atoms with van der Waals surface area (Å²) in [4.78, 5) is 15.6. The Balaban J connectivity index is 2.53. The second-order valence-corrected chi connectivity index (χ2v) is 4.90. The topological polar surface area (TPSA) is 51.2 Å². The van der Waals surface area contributed by atoms with Crippen LogP contribution in [-0.4, -0.2) is 24.1 Å². The highest BCUT2D eigenvalue weighted by atomic mass is 79.9. The molecule has 1 amide bonds. The lowest BCUT2D eigenvalue weighted by molar-refractivity contribution is -0.116. The van der Waals surface area contributed by atoms with E-state index in [0.29, 0.717) is 18.5 Å².